The van der Waals surface area contributed by atoms with Gasteiger partial charge in [-0.25, -0.2) is 9.18 Å². The number of esters is 1. The lowest BCUT2D eigenvalue weighted by Gasteiger charge is -2.20. The summed E-state index contributed by atoms with van der Waals surface area (Å²) in [5, 5.41) is 0. The van der Waals surface area contributed by atoms with Gasteiger partial charge in [0.2, 0.25) is 0 Å². The molecular formula is C18H14FNO4. The summed E-state index contributed by atoms with van der Waals surface area (Å²) in [7, 11) is 0. The van der Waals surface area contributed by atoms with Gasteiger partial charge in [0.25, 0.3) is 11.8 Å². The zero-order valence-corrected chi connectivity index (χ0v) is 12.9. The van der Waals surface area contributed by atoms with E-state index < -0.39 is 23.8 Å². The van der Waals surface area contributed by atoms with Gasteiger partial charge in [-0.3, -0.25) is 14.5 Å². The number of carbonyl (C=O) groups excluding carboxylic acids is 3. The minimum Gasteiger partial charge on any atom is -0.459 e. The van der Waals surface area contributed by atoms with Crippen LogP contribution >= 0.6 is 0 Å². The van der Waals surface area contributed by atoms with Gasteiger partial charge in [0.1, 0.15) is 18.5 Å². The lowest BCUT2D eigenvalue weighted by atomic mass is 10.1. The van der Waals surface area contributed by atoms with Gasteiger partial charge in [-0.2, -0.15) is 0 Å². The average molecular weight is 327 g/mol. The van der Waals surface area contributed by atoms with Crippen LogP contribution in [0.4, 0.5) is 4.39 Å². The van der Waals surface area contributed by atoms with E-state index >= 15 is 0 Å². The van der Waals surface area contributed by atoms with E-state index in [-0.39, 0.29) is 23.6 Å². The summed E-state index contributed by atoms with van der Waals surface area (Å²) in [5.74, 6) is -2.11. The summed E-state index contributed by atoms with van der Waals surface area (Å²) in [6, 6.07) is 10.9. The fourth-order valence-electron chi connectivity index (χ4n) is 2.52. The number of benzene rings is 2. The van der Waals surface area contributed by atoms with Crippen LogP contribution in [-0.2, 0) is 16.1 Å². The minimum absolute atomic E-state index is 0.0629. The zero-order chi connectivity index (χ0) is 17.3. The summed E-state index contributed by atoms with van der Waals surface area (Å²) in [5.41, 5.74) is 1.17. The molecular weight excluding hydrogens is 313 g/mol. The Morgan fingerprint density at radius 2 is 1.58 bits per heavy atom. The van der Waals surface area contributed by atoms with Gasteiger partial charge in [0.05, 0.1) is 11.1 Å². The van der Waals surface area contributed by atoms with Crippen molar-refractivity contribution in [3.05, 3.63) is 71.0 Å². The lowest BCUT2D eigenvalue weighted by molar-refractivity contribution is -0.149. The van der Waals surface area contributed by atoms with Crippen molar-refractivity contribution in [1.82, 2.24) is 4.90 Å². The Morgan fingerprint density at radius 3 is 2.12 bits per heavy atom. The second-order valence-electron chi connectivity index (χ2n) is 5.44. The van der Waals surface area contributed by atoms with E-state index in [0.29, 0.717) is 5.56 Å². The van der Waals surface area contributed by atoms with Crippen LogP contribution in [-0.4, -0.2) is 28.7 Å². The van der Waals surface area contributed by atoms with E-state index in [1.807, 2.05) is 0 Å². The highest BCUT2D eigenvalue weighted by Gasteiger charge is 2.41. The van der Waals surface area contributed by atoms with Gasteiger partial charge < -0.3 is 4.74 Å². The van der Waals surface area contributed by atoms with Crippen molar-refractivity contribution in [2.24, 2.45) is 0 Å². The second-order valence-corrected chi connectivity index (χ2v) is 5.44. The maximum absolute atomic E-state index is 12.8. The van der Waals surface area contributed by atoms with Crippen molar-refractivity contribution in [3.63, 3.8) is 0 Å². The standard InChI is InChI=1S/C18H14FNO4/c1-11(18(23)24-10-12-6-8-13(19)9-7-12)20-16(21)14-4-2-3-5-15(14)17(20)22/h2-9,11H,10H2,1H3/t11-/m0/s1. The molecule has 1 atom stereocenters. The number of carbonyl (C=O) groups is 3. The quantitative estimate of drug-likeness (QED) is 0.639. The Hall–Kier alpha value is -3.02. The van der Waals surface area contributed by atoms with E-state index in [9.17, 15) is 18.8 Å². The van der Waals surface area contributed by atoms with Crippen LogP contribution in [0, 0.1) is 5.82 Å². The molecule has 0 aliphatic carbocycles. The number of amides is 2. The Morgan fingerprint density at radius 1 is 1.04 bits per heavy atom. The van der Waals surface area contributed by atoms with Crippen LogP contribution in [0.5, 0.6) is 0 Å². The third-order valence-corrected chi connectivity index (χ3v) is 3.85. The predicted molar refractivity (Wildman–Crippen MR) is 82.6 cm³/mol. The van der Waals surface area contributed by atoms with Crippen LogP contribution in [0.15, 0.2) is 48.5 Å². The molecule has 1 aliphatic heterocycles. The van der Waals surface area contributed by atoms with Crippen molar-refractivity contribution >= 4 is 17.8 Å². The molecule has 1 aliphatic rings. The molecule has 0 spiro atoms. The zero-order valence-electron chi connectivity index (χ0n) is 12.9. The molecule has 0 radical (unpaired) electrons. The molecule has 2 amide bonds. The molecule has 0 bridgehead atoms. The summed E-state index contributed by atoms with van der Waals surface area (Å²) in [6.07, 6.45) is 0. The number of hydrogen-bond donors (Lipinski definition) is 0. The number of fused-ring (bicyclic) bond motifs is 1. The molecule has 122 valence electrons. The first-order chi connectivity index (χ1) is 11.5. The topological polar surface area (TPSA) is 63.7 Å². The molecule has 0 aromatic heterocycles. The van der Waals surface area contributed by atoms with E-state index in [4.69, 9.17) is 4.74 Å². The van der Waals surface area contributed by atoms with Gasteiger partial charge in [-0.1, -0.05) is 24.3 Å². The number of imide groups is 1. The molecule has 0 saturated carbocycles. The number of halogens is 1. The highest BCUT2D eigenvalue weighted by Crippen LogP contribution is 2.24. The normalized spacial score (nSPS) is 14.5. The predicted octanol–water partition coefficient (Wildman–Crippen LogP) is 2.55. The summed E-state index contributed by atoms with van der Waals surface area (Å²) >= 11 is 0. The molecule has 0 fully saturated rings. The third-order valence-electron chi connectivity index (χ3n) is 3.85. The Bertz CT molecular complexity index is 781. The largest absolute Gasteiger partial charge is 0.459 e. The maximum atomic E-state index is 12.8. The molecule has 0 saturated heterocycles. The third kappa shape index (κ3) is 2.78. The highest BCUT2D eigenvalue weighted by molar-refractivity contribution is 6.22. The van der Waals surface area contributed by atoms with E-state index in [2.05, 4.69) is 0 Å². The second kappa shape index (κ2) is 6.23. The first kappa shape index (κ1) is 15.9. The lowest BCUT2D eigenvalue weighted by Crippen LogP contribution is -2.43. The SMILES string of the molecule is C[C@@H](C(=O)OCc1ccc(F)cc1)N1C(=O)c2ccccc2C1=O. The van der Waals surface area contributed by atoms with Crippen LogP contribution in [0.2, 0.25) is 0 Å². The summed E-state index contributed by atoms with van der Waals surface area (Å²) in [4.78, 5) is 37.7. The van der Waals surface area contributed by atoms with Gasteiger partial charge in [0.15, 0.2) is 0 Å². The van der Waals surface area contributed by atoms with Gasteiger partial charge >= 0.3 is 5.97 Å². The minimum atomic E-state index is -1.04. The number of hydrogen-bond acceptors (Lipinski definition) is 4. The fraction of sp³-hybridized carbons (Fsp3) is 0.167. The molecule has 6 heteroatoms. The molecule has 2 aromatic rings. The summed E-state index contributed by atoms with van der Waals surface area (Å²) in [6.45, 7) is 1.38. The number of nitrogens with zero attached hydrogens (tertiary/aromatic N) is 1. The monoisotopic (exact) mass is 327 g/mol. The molecule has 3 rings (SSSR count). The average Bonchev–Trinajstić information content (AvgIpc) is 2.85. The van der Waals surface area contributed by atoms with Gasteiger partial charge in [-0.05, 0) is 36.8 Å². The van der Waals surface area contributed by atoms with Gasteiger partial charge in [0, 0.05) is 0 Å². The molecule has 5 nitrogen and oxygen atoms in total. The van der Waals surface area contributed by atoms with Crippen molar-refractivity contribution in [3.8, 4) is 0 Å². The van der Waals surface area contributed by atoms with Crippen LogP contribution in [0.1, 0.15) is 33.2 Å². The molecule has 0 unspecified atom stereocenters. The van der Waals surface area contributed by atoms with Crippen LogP contribution in [0.3, 0.4) is 0 Å². The maximum Gasteiger partial charge on any atom is 0.329 e. The van der Waals surface area contributed by atoms with Crippen LogP contribution < -0.4 is 0 Å². The first-order valence-corrected chi connectivity index (χ1v) is 7.37. The highest BCUT2D eigenvalue weighted by atomic mass is 19.1. The van der Waals surface area contributed by atoms with Gasteiger partial charge in [-0.15, -0.1) is 0 Å². The van der Waals surface area contributed by atoms with E-state index in [0.717, 1.165) is 4.90 Å². The first-order valence-electron chi connectivity index (χ1n) is 7.37. The fourth-order valence-corrected chi connectivity index (χ4v) is 2.52. The smallest absolute Gasteiger partial charge is 0.329 e. The number of ether oxygens (including phenoxy) is 1. The van der Waals surface area contributed by atoms with Crippen molar-refractivity contribution in [1.29, 1.82) is 0 Å². The van der Waals surface area contributed by atoms with E-state index in [1.54, 1.807) is 24.3 Å². The van der Waals surface area contributed by atoms with Crippen molar-refractivity contribution in [2.45, 2.75) is 19.6 Å². The summed E-state index contributed by atoms with van der Waals surface area (Å²) < 4.78 is 18.0. The molecule has 24 heavy (non-hydrogen) atoms. The molecule has 0 N–H and O–H groups in total. The number of rotatable bonds is 4. The van der Waals surface area contributed by atoms with E-state index in [1.165, 1.54) is 31.2 Å². The Kier molecular flexibility index (Phi) is 4.12. The molecule has 2 aromatic carbocycles. The Labute approximate surface area is 137 Å². The Balaban J connectivity index is 1.69. The van der Waals surface area contributed by atoms with Crippen LogP contribution in [0.25, 0.3) is 0 Å². The van der Waals surface area contributed by atoms with Crippen molar-refractivity contribution in [2.75, 3.05) is 0 Å². The van der Waals surface area contributed by atoms with Crippen molar-refractivity contribution < 1.29 is 23.5 Å². The molecule has 1 heterocycles.